The average Bonchev–Trinajstić information content (AvgIpc) is 2.43. The van der Waals surface area contributed by atoms with Crippen LogP contribution in [0.25, 0.3) is 6.08 Å². The molecule has 2 N–H and O–H groups in total. The lowest BCUT2D eigenvalue weighted by molar-refractivity contribution is -0.111. The van der Waals surface area contributed by atoms with Gasteiger partial charge in [-0.25, -0.2) is 4.39 Å². The van der Waals surface area contributed by atoms with E-state index in [1.54, 1.807) is 30.3 Å². The van der Waals surface area contributed by atoms with Crippen molar-refractivity contribution in [3.63, 3.8) is 0 Å². The predicted octanol–water partition coefficient (Wildman–Crippen LogP) is 4.25. The number of benzene rings is 2. The SMILES string of the molecule is Cc1ccc(NC(=O)/C=C/c2cc(Br)ccc2F)c(O)c1. The van der Waals surface area contributed by atoms with Crippen LogP contribution in [-0.2, 0) is 4.79 Å². The third-order valence-electron chi connectivity index (χ3n) is 2.78. The van der Waals surface area contributed by atoms with Crippen LogP contribution in [0.2, 0.25) is 0 Å². The summed E-state index contributed by atoms with van der Waals surface area (Å²) in [6, 6.07) is 9.39. The molecule has 0 saturated heterocycles. The summed E-state index contributed by atoms with van der Waals surface area (Å²) >= 11 is 3.24. The molecule has 0 heterocycles. The molecule has 0 aliphatic carbocycles. The zero-order chi connectivity index (χ0) is 15.4. The van der Waals surface area contributed by atoms with Gasteiger partial charge in [-0.1, -0.05) is 22.0 Å². The molecule has 0 aliphatic rings. The van der Waals surface area contributed by atoms with Crippen LogP contribution in [0.15, 0.2) is 46.9 Å². The summed E-state index contributed by atoms with van der Waals surface area (Å²) in [4.78, 5) is 11.8. The number of carbonyl (C=O) groups excluding carboxylic acids is 1. The monoisotopic (exact) mass is 349 g/mol. The van der Waals surface area contributed by atoms with Gasteiger partial charge in [0.15, 0.2) is 0 Å². The Balaban J connectivity index is 2.11. The van der Waals surface area contributed by atoms with Crippen molar-refractivity contribution in [2.24, 2.45) is 0 Å². The first-order valence-corrected chi connectivity index (χ1v) is 6.99. The molecule has 0 aliphatic heterocycles. The third kappa shape index (κ3) is 4.16. The summed E-state index contributed by atoms with van der Waals surface area (Å²) in [5.41, 5.74) is 1.50. The molecule has 0 atom stereocenters. The van der Waals surface area contributed by atoms with Crippen LogP contribution in [0.3, 0.4) is 0 Å². The van der Waals surface area contributed by atoms with Gasteiger partial charge in [-0.15, -0.1) is 0 Å². The maximum atomic E-state index is 13.5. The number of amides is 1. The summed E-state index contributed by atoms with van der Waals surface area (Å²) in [6.45, 7) is 1.83. The Bertz CT molecular complexity index is 713. The zero-order valence-electron chi connectivity index (χ0n) is 11.2. The fourth-order valence-corrected chi connectivity index (χ4v) is 2.11. The lowest BCUT2D eigenvalue weighted by Crippen LogP contribution is -2.07. The van der Waals surface area contributed by atoms with E-state index in [-0.39, 0.29) is 5.75 Å². The van der Waals surface area contributed by atoms with E-state index >= 15 is 0 Å². The molecule has 21 heavy (non-hydrogen) atoms. The maximum Gasteiger partial charge on any atom is 0.248 e. The largest absolute Gasteiger partial charge is 0.506 e. The van der Waals surface area contributed by atoms with Gasteiger partial charge in [0.25, 0.3) is 0 Å². The van der Waals surface area contributed by atoms with Crippen molar-refractivity contribution in [2.75, 3.05) is 5.32 Å². The number of aryl methyl sites for hydroxylation is 1. The minimum absolute atomic E-state index is 0.00890. The van der Waals surface area contributed by atoms with Gasteiger partial charge in [0, 0.05) is 16.1 Å². The molecule has 1 amide bonds. The highest BCUT2D eigenvalue weighted by Gasteiger charge is 2.05. The van der Waals surface area contributed by atoms with Gasteiger partial charge in [0.2, 0.25) is 5.91 Å². The Morgan fingerprint density at radius 3 is 2.76 bits per heavy atom. The van der Waals surface area contributed by atoms with Gasteiger partial charge >= 0.3 is 0 Å². The standard InChI is InChI=1S/C16H13BrFNO2/c1-10-2-6-14(15(20)8-10)19-16(21)7-3-11-9-12(17)4-5-13(11)18/h2-9,20H,1H3,(H,19,21)/b7-3+. The molecule has 0 unspecified atom stereocenters. The van der Waals surface area contributed by atoms with Crippen molar-refractivity contribution < 1.29 is 14.3 Å². The average molecular weight is 350 g/mol. The fourth-order valence-electron chi connectivity index (χ4n) is 1.73. The third-order valence-corrected chi connectivity index (χ3v) is 3.28. The Labute approximate surface area is 130 Å². The first-order chi connectivity index (χ1) is 9.95. The topological polar surface area (TPSA) is 49.3 Å². The van der Waals surface area contributed by atoms with Gasteiger partial charge in [0.1, 0.15) is 11.6 Å². The molecule has 3 nitrogen and oxygen atoms in total. The second-order valence-corrected chi connectivity index (χ2v) is 5.42. The van der Waals surface area contributed by atoms with Crippen molar-refractivity contribution >= 4 is 33.6 Å². The summed E-state index contributed by atoms with van der Waals surface area (Å²) < 4.78 is 14.2. The summed E-state index contributed by atoms with van der Waals surface area (Å²) in [7, 11) is 0. The molecule has 2 rings (SSSR count). The van der Waals surface area contributed by atoms with E-state index in [4.69, 9.17) is 0 Å². The van der Waals surface area contributed by atoms with Crippen LogP contribution in [0, 0.1) is 12.7 Å². The number of phenols is 1. The molecule has 0 aromatic heterocycles. The summed E-state index contributed by atoms with van der Waals surface area (Å²) in [5, 5.41) is 12.2. The van der Waals surface area contributed by atoms with Crippen LogP contribution >= 0.6 is 15.9 Å². The first kappa shape index (κ1) is 15.3. The van der Waals surface area contributed by atoms with Crippen molar-refractivity contribution in [3.05, 3.63) is 63.9 Å². The zero-order valence-corrected chi connectivity index (χ0v) is 12.8. The number of anilines is 1. The number of rotatable bonds is 3. The number of phenolic OH excluding ortho intramolecular Hbond substituents is 1. The number of hydrogen-bond donors (Lipinski definition) is 2. The second-order valence-electron chi connectivity index (χ2n) is 4.51. The number of nitrogens with one attached hydrogen (secondary N) is 1. The molecule has 108 valence electrons. The fraction of sp³-hybridized carbons (Fsp3) is 0.0625. The Kier molecular flexibility index (Phi) is 4.75. The number of carbonyl (C=O) groups is 1. The van der Waals surface area contributed by atoms with E-state index in [9.17, 15) is 14.3 Å². The van der Waals surface area contributed by atoms with Crippen molar-refractivity contribution in [1.29, 1.82) is 0 Å². The first-order valence-electron chi connectivity index (χ1n) is 6.19. The number of aromatic hydroxyl groups is 1. The molecule has 0 bridgehead atoms. The van der Waals surface area contributed by atoms with Crippen LogP contribution in [0.4, 0.5) is 10.1 Å². The molecular weight excluding hydrogens is 337 g/mol. The molecular formula is C16H13BrFNO2. The molecule has 2 aromatic carbocycles. The van der Waals surface area contributed by atoms with Gasteiger partial charge in [-0.3, -0.25) is 4.79 Å². The predicted molar refractivity (Wildman–Crippen MR) is 84.6 cm³/mol. The van der Waals surface area contributed by atoms with Gasteiger partial charge in [0.05, 0.1) is 5.69 Å². The van der Waals surface area contributed by atoms with Crippen LogP contribution in [0.1, 0.15) is 11.1 Å². The van der Waals surface area contributed by atoms with E-state index in [1.165, 1.54) is 18.2 Å². The van der Waals surface area contributed by atoms with Gasteiger partial charge < -0.3 is 10.4 Å². The molecule has 0 fully saturated rings. The molecule has 0 spiro atoms. The van der Waals surface area contributed by atoms with Crippen LogP contribution in [0.5, 0.6) is 5.75 Å². The van der Waals surface area contributed by atoms with Crippen LogP contribution < -0.4 is 5.32 Å². The number of halogens is 2. The molecule has 5 heteroatoms. The summed E-state index contributed by atoms with van der Waals surface area (Å²) in [6.07, 6.45) is 2.59. The van der Waals surface area contributed by atoms with E-state index in [1.807, 2.05) is 6.92 Å². The molecule has 0 radical (unpaired) electrons. The van der Waals surface area contributed by atoms with Crippen molar-refractivity contribution in [2.45, 2.75) is 6.92 Å². The second kappa shape index (κ2) is 6.54. The van der Waals surface area contributed by atoms with Crippen molar-refractivity contribution in [3.8, 4) is 5.75 Å². The van der Waals surface area contributed by atoms with E-state index in [0.29, 0.717) is 11.3 Å². The lowest BCUT2D eigenvalue weighted by Gasteiger charge is -2.05. The van der Waals surface area contributed by atoms with Gasteiger partial charge in [-0.05, 0) is 48.9 Å². The van der Waals surface area contributed by atoms with E-state index < -0.39 is 11.7 Å². The Morgan fingerprint density at radius 2 is 2.05 bits per heavy atom. The highest BCUT2D eigenvalue weighted by Crippen LogP contribution is 2.24. The maximum absolute atomic E-state index is 13.5. The number of hydrogen-bond acceptors (Lipinski definition) is 2. The quantitative estimate of drug-likeness (QED) is 0.642. The van der Waals surface area contributed by atoms with E-state index in [2.05, 4.69) is 21.2 Å². The van der Waals surface area contributed by atoms with Crippen molar-refractivity contribution in [1.82, 2.24) is 0 Å². The minimum atomic E-state index is -0.450. The lowest BCUT2D eigenvalue weighted by atomic mass is 10.2. The summed E-state index contributed by atoms with van der Waals surface area (Å²) in [5.74, 6) is -0.876. The highest BCUT2D eigenvalue weighted by molar-refractivity contribution is 9.10. The Hall–Kier alpha value is -2.14. The Morgan fingerprint density at radius 1 is 1.29 bits per heavy atom. The van der Waals surface area contributed by atoms with Crippen LogP contribution in [-0.4, -0.2) is 11.0 Å². The van der Waals surface area contributed by atoms with E-state index in [0.717, 1.165) is 10.0 Å². The molecule has 2 aromatic rings. The minimum Gasteiger partial charge on any atom is -0.506 e. The van der Waals surface area contributed by atoms with Gasteiger partial charge in [-0.2, -0.15) is 0 Å². The highest BCUT2D eigenvalue weighted by atomic mass is 79.9. The smallest absolute Gasteiger partial charge is 0.248 e. The molecule has 0 saturated carbocycles. The normalized spacial score (nSPS) is 10.8.